The highest BCUT2D eigenvalue weighted by molar-refractivity contribution is 7.46. The van der Waals surface area contributed by atoms with Crippen molar-refractivity contribution in [1.29, 1.82) is 0 Å². The molecule has 0 radical (unpaired) electrons. The molecule has 2 N–H and O–H groups in total. The molecule has 118 valence electrons. The molecule has 0 heterocycles. The van der Waals surface area contributed by atoms with Gasteiger partial charge in [-0.15, -0.1) is 0 Å². The number of phosphoric acid groups is 1. The third kappa shape index (κ3) is 4.07. The second kappa shape index (κ2) is 5.73. The van der Waals surface area contributed by atoms with E-state index < -0.39 is 13.6 Å². The fraction of sp³-hybridized carbons (Fsp3) is 0.600. The van der Waals surface area contributed by atoms with Crippen LogP contribution >= 0.6 is 7.82 Å². The number of para-hydroxylation sites is 1. The Labute approximate surface area is 125 Å². The van der Waals surface area contributed by atoms with Crippen LogP contribution in [0.1, 0.15) is 63.5 Å². The third-order valence-corrected chi connectivity index (χ3v) is 4.12. The van der Waals surface area contributed by atoms with Crippen LogP contribution in [0, 0.1) is 0 Å². The summed E-state index contributed by atoms with van der Waals surface area (Å²) in [6.07, 6.45) is 0.976. The van der Waals surface area contributed by atoms with Crippen molar-refractivity contribution >= 4 is 7.82 Å². The molecule has 0 atom stereocenters. The molecule has 1 aliphatic carbocycles. The predicted molar refractivity (Wildman–Crippen MR) is 80.3 cm³/mol. The number of benzene rings is 1. The second-order valence-electron chi connectivity index (χ2n) is 6.17. The molecule has 21 heavy (non-hydrogen) atoms. The van der Waals surface area contributed by atoms with E-state index in [1.54, 1.807) is 0 Å². The molecule has 0 bridgehead atoms. The fourth-order valence-electron chi connectivity index (χ4n) is 2.32. The van der Waals surface area contributed by atoms with Crippen molar-refractivity contribution in [2.24, 2.45) is 0 Å². The molecule has 0 aliphatic heterocycles. The Bertz CT molecular complexity index is 531. The van der Waals surface area contributed by atoms with Crippen LogP contribution in [0.25, 0.3) is 0 Å². The highest BCUT2D eigenvalue weighted by atomic mass is 31.2. The zero-order valence-corrected chi connectivity index (χ0v) is 13.8. The summed E-state index contributed by atoms with van der Waals surface area (Å²) in [6, 6.07) is 5.96. The summed E-state index contributed by atoms with van der Waals surface area (Å²) in [7, 11) is -4.56. The second-order valence-corrected chi connectivity index (χ2v) is 7.33. The standard InChI is InChI=1S/C15H23O5P/c1-10(2)12-6-5-7-13(11(3)4)14(12)19-15(8-9-15)20-21(16,17)18/h5-7,10-11H,8-9H2,1-4H3,(H2,16,17,18). The van der Waals surface area contributed by atoms with Gasteiger partial charge in [0.1, 0.15) is 5.75 Å². The van der Waals surface area contributed by atoms with Crippen molar-refractivity contribution in [3.63, 3.8) is 0 Å². The zero-order valence-electron chi connectivity index (χ0n) is 12.9. The lowest BCUT2D eigenvalue weighted by molar-refractivity contribution is -0.0419. The molecule has 2 rings (SSSR count). The summed E-state index contributed by atoms with van der Waals surface area (Å²) in [6.45, 7) is 8.26. The van der Waals surface area contributed by atoms with Crippen LogP contribution in [-0.2, 0) is 9.09 Å². The summed E-state index contributed by atoms with van der Waals surface area (Å²) < 4.78 is 21.9. The van der Waals surface area contributed by atoms with E-state index in [0.29, 0.717) is 18.6 Å². The van der Waals surface area contributed by atoms with E-state index in [1.165, 1.54) is 0 Å². The summed E-state index contributed by atoms with van der Waals surface area (Å²) in [5, 5.41) is 0. The minimum Gasteiger partial charge on any atom is -0.461 e. The van der Waals surface area contributed by atoms with E-state index in [-0.39, 0.29) is 11.8 Å². The van der Waals surface area contributed by atoms with Crippen LogP contribution in [0.4, 0.5) is 0 Å². The van der Waals surface area contributed by atoms with Gasteiger partial charge in [0.25, 0.3) is 0 Å². The minimum atomic E-state index is -4.56. The lowest BCUT2D eigenvalue weighted by atomic mass is 9.94. The molecular weight excluding hydrogens is 291 g/mol. The van der Waals surface area contributed by atoms with E-state index in [2.05, 4.69) is 27.7 Å². The number of phosphoric ester groups is 1. The molecular formula is C15H23O5P. The average molecular weight is 314 g/mol. The normalized spacial score (nSPS) is 17.3. The molecule has 6 heteroatoms. The Kier molecular flexibility index (Phi) is 4.50. The molecule has 5 nitrogen and oxygen atoms in total. The van der Waals surface area contributed by atoms with Crippen molar-refractivity contribution in [2.75, 3.05) is 0 Å². The molecule has 0 unspecified atom stereocenters. The van der Waals surface area contributed by atoms with Crippen LogP contribution in [0.3, 0.4) is 0 Å². The molecule has 1 aliphatic rings. The van der Waals surface area contributed by atoms with Crippen molar-refractivity contribution in [3.8, 4) is 5.75 Å². The first-order chi connectivity index (χ1) is 9.64. The van der Waals surface area contributed by atoms with Crippen LogP contribution in [0.15, 0.2) is 18.2 Å². The van der Waals surface area contributed by atoms with Gasteiger partial charge in [-0.05, 0) is 23.0 Å². The van der Waals surface area contributed by atoms with Crippen LogP contribution < -0.4 is 4.74 Å². The molecule has 0 amide bonds. The van der Waals surface area contributed by atoms with Crippen molar-refractivity contribution in [1.82, 2.24) is 0 Å². The van der Waals surface area contributed by atoms with Crippen LogP contribution in [-0.4, -0.2) is 15.6 Å². The molecule has 1 aromatic carbocycles. The van der Waals surface area contributed by atoms with Gasteiger partial charge in [0.05, 0.1) is 0 Å². The molecule has 1 aromatic rings. The van der Waals surface area contributed by atoms with Crippen LogP contribution in [0.5, 0.6) is 5.75 Å². The van der Waals surface area contributed by atoms with E-state index in [9.17, 15) is 4.57 Å². The Morgan fingerprint density at radius 1 is 1.10 bits per heavy atom. The first kappa shape index (κ1) is 16.5. The van der Waals surface area contributed by atoms with Crippen molar-refractivity contribution in [2.45, 2.75) is 58.2 Å². The number of hydrogen-bond donors (Lipinski definition) is 2. The number of ether oxygens (including phenoxy) is 1. The molecule has 1 saturated carbocycles. The maximum atomic E-state index is 11.1. The third-order valence-electron chi connectivity index (χ3n) is 3.55. The predicted octanol–water partition coefficient (Wildman–Crippen LogP) is 3.91. The van der Waals surface area contributed by atoms with E-state index in [4.69, 9.17) is 19.0 Å². The van der Waals surface area contributed by atoms with E-state index in [0.717, 1.165) is 11.1 Å². The van der Waals surface area contributed by atoms with Gasteiger partial charge in [0.2, 0.25) is 5.79 Å². The molecule has 0 spiro atoms. The summed E-state index contributed by atoms with van der Waals surface area (Å²) in [4.78, 5) is 18.1. The highest BCUT2D eigenvalue weighted by Crippen LogP contribution is 2.54. The number of hydrogen-bond acceptors (Lipinski definition) is 3. The maximum absolute atomic E-state index is 11.1. The van der Waals surface area contributed by atoms with Gasteiger partial charge in [-0.1, -0.05) is 45.9 Å². The summed E-state index contributed by atoms with van der Waals surface area (Å²) in [5.74, 6) is 0.0378. The van der Waals surface area contributed by atoms with Crippen molar-refractivity contribution in [3.05, 3.63) is 29.3 Å². The van der Waals surface area contributed by atoms with Gasteiger partial charge in [-0.3, -0.25) is 0 Å². The monoisotopic (exact) mass is 314 g/mol. The summed E-state index contributed by atoms with van der Waals surface area (Å²) in [5.41, 5.74) is 2.06. The van der Waals surface area contributed by atoms with Crippen LogP contribution in [0.2, 0.25) is 0 Å². The quantitative estimate of drug-likeness (QED) is 0.615. The van der Waals surface area contributed by atoms with Gasteiger partial charge in [0.15, 0.2) is 0 Å². The Hall–Kier alpha value is -0.870. The average Bonchev–Trinajstić information content (AvgIpc) is 3.05. The minimum absolute atomic E-state index is 0.254. The van der Waals surface area contributed by atoms with Gasteiger partial charge in [0, 0.05) is 12.8 Å². The lowest BCUT2D eigenvalue weighted by Gasteiger charge is -2.25. The Morgan fingerprint density at radius 3 is 1.90 bits per heavy atom. The van der Waals surface area contributed by atoms with Gasteiger partial charge < -0.3 is 14.5 Å². The van der Waals surface area contributed by atoms with Crippen molar-refractivity contribution < 1.29 is 23.6 Å². The SMILES string of the molecule is CC(C)c1cccc(C(C)C)c1OC1(OP(=O)(O)O)CC1. The molecule has 0 aromatic heterocycles. The Morgan fingerprint density at radius 2 is 1.57 bits per heavy atom. The zero-order chi connectivity index (χ0) is 15.8. The molecule has 1 fully saturated rings. The number of rotatable bonds is 6. The largest absolute Gasteiger partial charge is 0.472 e. The molecule has 0 saturated heterocycles. The highest BCUT2D eigenvalue weighted by Gasteiger charge is 2.52. The van der Waals surface area contributed by atoms with Gasteiger partial charge >= 0.3 is 7.82 Å². The van der Waals surface area contributed by atoms with E-state index in [1.807, 2.05) is 18.2 Å². The Balaban J connectivity index is 2.36. The summed E-state index contributed by atoms with van der Waals surface area (Å²) >= 11 is 0. The first-order valence-electron chi connectivity index (χ1n) is 7.22. The van der Waals surface area contributed by atoms with Gasteiger partial charge in [-0.25, -0.2) is 9.09 Å². The lowest BCUT2D eigenvalue weighted by Crippen LogP contribution is -2.22. The maximum Gasteiger partial charge on any atom is 0.472 e. The topological polar surface area (TPSA) is 76.0 Å². The fourth-order valence-corrected chi connectivity index (χ4v) is 2.97. The van der Waals surface area contributed by atoms with Gasteiger partial charge in [-0.2, -0.15) is 0 Å². The first-order valence-corrected chi connectivity index (χ1v) is 8.75. The smallest absolute Gasteiger partial charge is 0.461 e. The van der Waals surface area contributed by atoms with E-state index >= 15 is 0 Å².